The Bertz CT molecular complexity index is 582. The van der Waals surface area contributed by atoms with E-state index in [-0.39, 0.29) is 0 Å². The SMILES string of the molecule is NNc1nc(NCc2ccccn2)nc(N2CCCC2)n1. The monoisotopic (exact) mass is 286 g/mol. The number of nitrogen functional groups attached to an aromatic ring is 1. The van der Waals surface area contributed by atoms with Gasteiger partial charge in [-0.3, -0.25) is 10.4 Å². The molecule has 0 amide bonds. The van der Waals surface area contributed by atoms with Crippen molar-refractivity contribution >= 4 is 17.8 Å². The molecule has 3 rings (SSSR count). The van der Waals surface area contributed by atoms with E-state index in [2.05, 4.69) is 35.6 Å². The van der Waals surface area contributed by atoms with Gasteiger partial charge in [0.2, 0.25) is 17.8 Å². The van der Waals surface area contributed by atoms with Gasteiger partial charge in [-0.15, -0.1) is 0 Å². The van der Waals surface area contributed by atoms with E-state index in [4.69, 9.17) is 5.84 Å². The number of nitrogens with two attached hydrogens (primary N) is 1. The Hall–Kier alpha value is -2.48. The lowest BCUT2D eigenvalue weighted by atomic mass is 10.3. The maximum absolute atomic E-state index is 5.43. The second kappa shape index (κ2) is 6.31. The van der Waals surface area contributed by atoms with Crippen LogP contribution in [0.25, 0.3) is 0 Å². The maximum Gasteiger partial charge on any atom is 0.243 e. The first-order chi connectivity index (χ1) is 10.3. The van der Waals surface area contributed by atoms with Gasteiger partial charge >= 0.3 is 0 Å². The van der Waals surface area contributed by atoms with Crippen LogP contribution in [-0.4, -0.2) is 33.0 Å². The number of nitrogens with zero attached hydrogens (tertiary/aromatic N) is 5. The van der Waals surface area contributed by atoms with Crippen molar-refractivity contribution in [3.8, 4) is 0 Å². The van der Waals surface area contributed by atoms with Gasteiger partial charge in [0, 0.05) is 19.3 Å². The lowest BCUT2D eigenvalue weighted by Gasteiger charge is -2.16. The van der Waals surface area contributed by atoms with Crippen molar-refractivity contribution in [2.24, 2.45) is 5.84 Å². The Balaban J connectivity index is 1.75. The van der Waals surface area contributed by atoms with Crippen LogP contribution in [0, 0.1) is 0 Å². The third-order valence-electron chi connectivity index (χ3n) is 3.30. The van der Waals surface area contributed by atoms with Crippen LogP contribution < -0.4 is 21.5 Å². The summed E-state index contributed by atoms with van der Waals surface area (Å²) in [6.45, 7) is 2.48. The van der Waals surface area contributed by atoms with Crippen molar-refractivity contribution in [1.82, 2.24) is 19.9 Å². The van der Waals surface area contributed by atoms with Gasteiger partial charge in [-0.05, 0) is 25.0 Å². The molecule has 8 nitrogen and oxygen atoms in total. The third kappa shape index (κ3) is 3.34. The van der Waals surface area contributed by atoms with Gasteiger partial charge in [0.25, 0.3) is 0 Å². The van der Waals surface area contributed by atoms with Gasteiger partial charge < -0.3 is 10.2 Å². The lowest BCUT2D eigenvalue weighted by molar-refractivity contribution is 0.873. The smallest absolute Gasteiger partial charge is 0.243 e. The molecule has 1 aliphatic heterocycles. The lowest BCUT2D eigenvalue weighted by Crippen LogP contribution is -2.23. The first-order valence-corrected chi connectivity index (χ1v) is 6.96. The van der Waals surface area contributed by atoms with Crippen LogP contribution in [0.2, 0.25) is 0 Å². The van der Waals surface area contributed by atoms with E-state index in [1.54, 1.807) is 6.20 Å². The van der Waals surface area contributed by atoms with E-state index in [1.807, 2.05) is 18.2 Å². The largest absolute Gasteiger partial charge is 0.348 e. The maximum atomic E-state index is 5.43. The van der Waals surface area contributed by atoms with Gasteiger partial charge in [0.05, 0.1) is 12.2 Å². The van der Waals surface area contributed by atoms with Crippen molar-refractivity contribution in [3.63, 3.8) is 0 Å². The molecule has 8 heteroatoms. The number of pyridine rings is 1. The Kier molecular flexibility index (Phi) is 4.06. The fourth-order valence-corrected chi connectivity index (χ4v) is 2.24. The van der Waals surface area contributed by atoms with Gasteiger partial charge in [0.1, 0.15) is 0 Å². The summed E-state index contributed by atoms with van der Waals surface area (Å²) >= 11 is 0. The van der Waals surface area contributed by atoms with Crippen LogP contribution in [0.15, 0.2) is 24.4 Å². The average molecular weight is 286 g/mol. The van der Waals surface area contributed by atoms with Crippen LogP contribution in [-0.2, 0) is 6.54 Å². The van der Waals surface area contributed by atoms with Crippen molar-refractivity contribution in [3.05, 3.63) is 30.1 Å². The second-order valence-corrected chi connectivity index (χ2v) is 4.80. The van der Waals surface area contributed by atoms with Crippen molar-refractivity contribution < 1.29 is 0 Å². The quantitative estimate of drug-likeness (QED) is 0.546. The molecule has 1 aliphatic rings. The van der Waals surface area contributed by atoms with Crippen molar-refractivity contribution in [1.29, 1.82) is 0 Å². The number of aromatic nitrogens is 4. The van der Waals surface area contributed by atoms with Crippen LogP contribution >= 0.6 is 0 Å². The molecule has 21 heavy (non-hydrogen) atoms. The fraction of sp³-hybridized carbons (Fsp3) is 0.385. The van der Waals surface area contributed by atoms with Crippen LogP contribution in [0.3, 0.4) is 0 Å². The van der Waals surface area contributed by atoms with Crippen LogP contribution in [0.4, 0.5) is 17.8 Å². The molecular weight excluding hydrogens is 268 g/mol. The molecule has 110 valence electrons. The zero-order valence-corrected chi connectivity index (χ0v) is 11.7. The average Bonchev–Trinajstić information content (AvgIpc) is 3.08. The molecular formula is C13H18N8. The van der Waals surface area contributed by atoms with Gasteiger partial charge in [0.15, 0.2) is 0 Å². The van der Waals surface area contributed by atoms with E-state index in [9.17, 15) is 0 Å². The molecule has 1 fully saturated rings. The summed E-state index contributed by atoms with van der Waals surface area (Å²) in [5.41, 5.74) is 3.40. The molecule has 2 aromatic rings. The molecule has 0 aliphatic carbocycles. The Morgan fingerprint density at radius 1 is 1.10 bits per heavy atom. The van der Waals surface area contributed by atoms with E-state index in [0.29, 0.717) is 24.4 Å². The number of nitrogens with one attached hydrogen (secondary N) is 2. The summed E-state index contributed by atoms with van der Waals surface area (Å²) in [7, 11) is 0. The standard InChI is InChI=1S/C13H18N8/c14-20-12-17-11(16-9-10-5-1-2-6-15-10)18-13(19-12)21-7-3-4-8-21/h1-2,5-6H,3-4,7-9,14H2,(H2,16,17,18,19,20). The minimum Gasteiger partial charge on any atom is -0.348 e. The molecule has 1 saturated heterocycles. The number of hydrogen-bond acceptors (Lipinski definition) is 8. The first kappa shape index (κ1) is 13.5. The van der Waals surface area contributed by atoms with Crippen molar-refractivity contribution in [2.75, 3.05) is 28.7 Å². The first-order valence-electron chi connectivity index (χ1n) is 6.96. The highest BCUT2D eigenvalue weighted by Crippen LogP contribution is 2.18. The molecule has 0 bridgehead atoms. The Morgan fingerprint density at radius 2 is 1.90 bits per heavy atom. The number of hydrazine groups is 1. The summed E-state index contributed by atoms with van der Waals surface area (Å²) in [4.78, 5) is 19.3. The van der Waals surface area contributed by atoms with Crippen LogP contribution in [0.1, 0.15) is 18.5 Å². The normalized spacial score (nSPS) is 14.2. The minimum atomic E-state index is 0.357. The highest BCUT2D eigenvalue weighted by atomic mass is 15.4. The van der Waals surface area contributed by atoms with Crippen LogP contribution in [0.5, 0.6) is 0 Å². The van der Waals surface area contributed by atoms with E-state index in [0.717, 1.165) is 31.6 Å². The summed E-state index contributed by atoms with van der Waals surface area (Å²) < 4.78 is 0. The number of rotatable bonds is 5. The number of anilines is 3. The molecule has 0 aromatic carbocycles. The number of hydrogen-bond donors (Lipinski definition) is 3. The summed E-state index contributed by atoms with van der Waals surface area (Å²) in [6, 6.07) is 5.77. The molecule has 0 unspecified atom stereocenters. The van der Waals surface area contributed by atoms with Gasteiger partial charge in [-0.1, -0.05) is 6.07 Å². The summed E-state index contributed by atoms with van der Waals surface area (Å²) in [5.74, 6) is 6.93. The predicted molar refractivity (Wildman–Crippen MR) is 80.6 cm³/mol. The molecule has 0 spiro atoms. The molecule has 4 N–H and O–H groups in total. The third-order valence-corrected chi connectivity index (χ3v) is 3.30. The van der Waals surface area contributed by atoms with Gasteiger partial charge in [-0.2, -0.15) is 15.0 Å². The summed E-state index contributed by atoms with van der Waals surface area (Å²) in [5, 5.41) is 3.15. The van der Waals surface area contributed by atoms with Gasteiger partial charge in [-0.25, -0.2) is 5.84 Å². The topological polar surface area (TPSA) is 105 Å². The van der Waals surface area contributed by atoms with E-state index < -0.39 is 0 Å². The van der Waals surface area contributed by atoms with E-state index >= 15 is 0 Å². The highest BCUT2D eigenvalue weighted by Gasteiger charge is 2.17. The summed E-state index contributed by atoms with van der Waals surface area (Å²) in [6.07, 6.45) is 4.08. The molecule has 0 saturated carbocycles. The predicted octanol–water partition coefficient (Wildman–Crippen LogP) is 0.764. The van der Waals surface area contributed by atoms with Crippen molar-refractivity contribution in [2.45, 2.75) is 19.4 Å². The minimum absolute atomic E-state index is 0.357. The second-order valence-electron chi connectivity index (χ2n) is 4.80. The zero-order valence-electron chi connectivity index (χ0n) is 11.7. The highest BCUT2D eigenvalue weighted by molar-refractivity contribution is 5.43. The molecule has 3 heterocycles. The molecule has 0 atom stereocenters. The molecule has 0 radical (unpaired) electrons. The molecule has 2 aromatic heterocycles. The Morgan fingerprint density at radius 3 is 2.62 bits per heavy atom. The van der Waals surface area contributed by atoms with E-state index in [1.165, 1.54) is 0 Å². The zero-order chi connectivity index (χ0) is 14.5. The fourth-order valence-electron chi connectivity index (χ4n) is 2.24. The Labute approximate surface area is 122 Å².